The zero-order chi connectivity index (χ0) is 11.7. The van der Waals surface area contributed by atoms with Crippen LogP contribution in [0.2, 0.25) is 10.0 Å². The largest absolute Gasteiger partial charge is 0.431 e. The summed E-state index contributed by atoms with van der Waals surface area (Å²) < 4.78 is 28.7. The fraction of sp³-hybridized carbons (Fsp3) is 0.100. The van der Waals surface area contributed by atoms with Crippen LogP contribution in [-0.4, -0.2) is 11.6 Å². The van der Waals surface area contributed by atoms with Gasteiger partial charge in [-0.1, -0.05) is 23.2 Å². The molecule has 16 heavy (non-hydrogen) atoms. The maximum Gasteiger partial charge on any atom is 0.387 e. The van der Waals surface area contributed by atoms with E-state index in [0.29, 0.717) is 10.4 Å². The Bertz CT molecular complexity index is 533. The summed E-state index contributed by atoms with van der Waals surface area (Å²) in [7, 11) is 0. The molecule has 0 saturated carbocycles. The molecular weight excluding hydrogens is 259 g/mol. The lowest BCUT2D eigenvalue weighted by molar-refractivity contribution is -0.0488. The predicted molar refractivity (Wildman–Crippen MR) is 58.4 cm³/mol. The van der Waals surface area contributed by atoms with Crippen LogP contribution in [0.15, 0.2) is 24.4 Å². The van der Waals surface area contributed by atoms with Gasteiger partial charge in [-0.05, 0) is 18.2 Å². The Hall–Kier alpha value is -1.13. The second-order valence-electron chi connectivity index (χ2n) is 2.95. The minimum Gasteiger partial charge on any atom is -0.431 e. The zero-order valence-electron chi connectivity index (χ0n) is 7.75. The van der Waals surface area contributed by atoms with Crippen molar-refractivity contribution < 1.29 is 13.5 Å². The van der Waals surface area contributed by atoms with E-state index in [4.69, 9.17) is 23.2 Å². The first kappa shape index (κ1) is 11.4. The highest BCUT2D eigenvalue weighted by atomic mass is 35.5. The fourth-order valence-corrected chi connectivity index (χ4v) is 1.91. The smallest absolute Gasteiger partial charge is 0.387 e. The molecule has 84 valence electrons. The molecule has 1 aromatic carbocycles. The highest BCUT2D eigenvalue weighted by molar-refractivity contribution is 6.39. The third kappa shape index (κ3) is 2.03. The molecule has 6 heteroatoms. The van der Waals surface area contributed by atoms with Gasteiger partial charge in [0.2, 0.25) is 0 Å². The molecule has 1 heterocycles. The molecule has 0 saturated heterocycles. The molecule has 0 atom stereocenters. The van der Waals surface area contributed by atoms with Crippen LogP contribution in [-0.2, 0) is 0 Å². The van der Waals surface area contributed by atoms with Gasteiger partial charge in [-0.15, -0.1) is 0 Å². The highest BCUT2D eigenvalue weighted by Gasteiger charge is 2.15. The van der Waals surface area contributed by atoms with Crippen LogP contribution in [0, 0.1) is 0 Å². The summed E-state index contributed by atoms with van der Waals surface area (Å²) in [6.45, 7) is -2.95. The number of hydrogen-bond donors (Lipinski definition) is 0. The summed E-state index contributed by atoms with van der Waals surface area (Å²) >= 11 is 11.7. The second-order valence-corrected chi connectivity index (χ2v) is 3.76. The molecule has 0 fully saturated rings. The number of benzene rings is 1. The number of fused-ring (bicyclic) bond motifs is 1. The van der Waals surface area contributed by atoms with E-state index in [9.17, 15) is 8.78 Å². The van der Waals surface area contributed by atoms with Crippen LogP contribution in [0.3, 0.4) is 0 Å². The van der Waals surface area contributed by atoms with Crippen molar-refractivity contribution in [3.8, 4) is 5.75 Å². The molecule has 0 radical (unpaired) electrons. The lowest BCUT2D eigenvalue weighted by Crippen LogP contribution is -2.03. The van der Waals surface area contributed by atoms with E-state index in [1.54, 1.807) is 12.1 Å². The van der Waals surface area contributed by atoms with Gasteiger partial charge in [0, 0.05) is 11.6 Å². The Balaban J connectivity index is 2.71. The van der Waals surface area contributed by atoms with Crippen molar-refractivity contribution in [3.05, 3.63) is 34.4 Å². The fourth-order valence-electron chi connectivity index (χ4n) is 1.35. The summed E-state index contributed by atoms with van der Waals surface area (Å²) in [6, 6.07) is 4.65. The molecular formula is C10H5Cl2F2NO. The number of pyridine rings is 1. The SMILES string of the molecule is FC(F)Oc1c(Cl)cc(Cl)c2cccnc12. The average Bonchev–Trinajstić information content (AvgIpc) is 2.24. The molecule has 0 aliphatic rings. The maximum atomic E-state index is 12.2. The number of alkyl halides is 2. The summed E-state index contributed by atoms with van der Waals surface area (Å²) in [4.78, 5) is 3.93. The van der Waals surface area contributed by atoms with Crippen molar-refractivity contribution in [2.75, 3.05) is 0 Å². The molecule has 0 spiro atoms. The molecule has 0 N–H and O–H groups in total. The van der Waals surface area contributed by atoms with Crippen LogP contribution < -0.4 is 4.74 Å². The van der Waals surface area contributed by atoms with Crippen molar-refractivity contribution in [2.45, 2.75) is 6.61 Å². The minimum atomic E-state index is -2.95. The predicted octanol–water partition coefficient (Wildman–Crippen LogP) is 4.14. The summed E-state index contributed by atoms with van der Waals surface area (Å²) in [5, 5.41) is 0.871. The van der Waals surface area contributed by atoms with E-state index < -0.39 is 6.61 Å². The monoisotopic (exact) mass is 263 g/mol. The van der Waals surface area contributed by atoms with Gasteiger partial charge >= 0.3 is 6.61 Å². The van der Waals surface area contributed by atoms with E-state index >= 15 is 0 Å². The molecule has 0 amide bonds. The van der Waals surface area contributed by atoms with Crippen molar-refractivity contribution in [2.24, 2.45) is 0 Å². The van der Waals surface area contributed by atoms with E-state index in [1.807, 2.05) is 0 Å². The number of aromatic nitrogens is 1. The van der Waals surface area contributed by atoms with Crippen LogP contribution in [0.25, 0.3) is 10.9 Å². The van der Waals surface area contributed by atoms with Crippen molar-refractivity contribution >= 4 is 34.1 Å². The van der Waals surface area contributed by atoms with Crippen molar-refractivity contribution in [3.63, 3.8) is 0 Å². The molecule has 2 aromatic rings. The zero-order valence-corrected chi connectivity index (χ0v) is 9.27. The maximum absolute atomic E-state index is 12.2. The number of hydrogen-bond acceptors (Lipinski definition) is 2. The van der Waals surface area contributed by atoms with Crippen LogP contribution in [0.1, 0.15) is 0 Å². The average molecular weight is 264 g/mol. The highest BCUT2D eigenvalue weighted by Crippen LogP contribution is 2.37. The van der Waals surface area contributed by atoms with Gasteiger partial charge in [-0.2, -0.15) is 8.78 Å². The van der Waals surface area contributed by atoms with Gasteiger partial charge < -0.3 is 4.74 Å². The lowest BCUT2D eigenvalue weighted by Gasteiger charge is -2.10. The molecule has 0 bridgehead atoms. The topological polar surface area (TPSA) is 22.1 Å². The normalized spacial score (nSPS) is 11.1. The van der Waals surface area contributed by atoms with Crippen LogP contribution in [0.4, 0.5) is 8.78 Å². The molecule has 0 aliphatic heterocycles. The first-order valence-corrected chi connectivity index (χ1v) is 5.02. The Kier molecular flexibility index (Phi) is 3.12. The first-order chi connectivity index (χ1) is 7.59. The number of nitrogens with zero attached hydrogens (tertiary/aromatic N) is 1. The molecule has 0 aliphatic carbocycles. The van der Waals surface area contributed by atoms with Gasteiger partial charge in [0.25, 0.3) is 0 Å². The molecule has 0 unspecified atom stereocenters. The van der Waals surface area contributed by atoms with Gasteiger partial charge in [0.05, 0.1) is 10.0 Å². The van der Waals surface area contributed by atoms with E-state index in [2.05, 4.69) is 9.72 Å². The third-order valence-corrected chi connectivity index (χ3v) is 2.55. The van der Waals surface area contributed by atoms with Crippen LogP contribution >= 0.6 is 23.2 Å². The summed E-state index contributed by atoms with van der Waals surface area (Å²) in [5.74, 6) is -0.156. The van der Waals surface area contributed by atoms with E-state index in [1.165, 1.54) is 12.3 Å². The van der Waals surface area contributed by atoms with Gasteiger partial charge in [0.1, 0.15) is 5.52 Å². The quantitative estimate of drug-likeness (QED) is 0.813. The Labute approximate surface area is 99.7 Å². The number of ether oxygens (including phenoxy) is 1. The molecule has 2 rings (SSSR count). The summed E-state index contributed by atoms with van der Waals surface area (Å²) in [6.07, 6.45) is 1.45. The van der Waals surface area contributed by atoms with Gasteiger partial charge in [-0.25, -0.2) is 0 Å². The Morgan fingerprint density at radius 2 is 2.00 bits per heavy atom. The lowest BCUT2D eigenvalue weighted by atomic mass is 10.2. The summed E-state index contributed by atoms with van der Waals surface area (Å²) in [5.41, 5.74) is 0.223. The second kappa shape index (κ2) is 4.39. The standard InChI is InChI=1S/C10H5Cl2F2NO/c11-6-4-7(12)9(16-10(13)14)8-5(6)2-1-3-15-8/h1-4,10H. The van der Waals surface area contributed by atoms with Gasteiger partial charge in [0.15, 0.2) is 5.75 Å². The van der Waals surface area contributed by atoms with Crippen LogP contribution in [0.5, 0.6) is 5.75 Å². The molecule has 1 aromatic heterocycles. The van der Waals surface area contributed by atoms with Crippen molar-refractivity contribution in [1.29, 1.82) is 0 Å². The Morgan fingerprint density at radius 1 is 1.25 bits per heavy atom. The number of halogens is 4. The Morgan fingerprint density at radius 3 is 2.69 bits per heavy atom. The van der Waals surface area contributed by atoms with E-state index in [-0.39, 0.29) is 16.3 Å². The molecule has 2 nitrogen and oxygen atoms in total. The minimum absolute atomic E-state index is 0.0106. The van der Waals surface area contributed by atoms with E-state index in [0.717, 1.165) is 0 Å². The van der Waals surface area contributed by atoms with Gasteiger partial charge in [-0.3, -0.25) is 4.98 Å². The first-order valence-electron chi connectivity index (χ1n) is 4.27. The van der Waals surface area contributed by atoms with Crippen molar-refractivity contribution in [1.82, 2.24) is 4.98 Å². The third-order valence-electron chi connectivity index (χ3n) is 1.96. The number of rotatable bonds is 2.